The van der Waals surface area contributed by atoms with Gasteiger partial charge >= 0.3 is 0 Å². The van der Waals surface area contributed by atoms with Gasteiger partial charge < -0.3 is 14.8 Å². The molecule has 0 saturated carbocycles. The van der Waals surface area contributed by atoms with Gasteiger partial charge in [0.2, 0.25) is 5.91 Å². The van der Waals surface area contributed by atoms with E-state index in [0.29, 0.717) is 0 Å². The second-order valence-corrected chi connectivity index (χ2v) is 3.13. The van der Waals surface area contributed by atoms with Crippen LogP contribution >= 0.6 is 0 Å². The number of ether oxygens (including phenoxy) is 2. The smallest absolute Gasteiger partial charge is 0.236 e. The van der Waals surface area contributed by atoms with E-state index in [2.05, 4.69) is 10.6 Å². The summed E-state index contributed by atoms with van der Waals surface area (Å²) in [7, 11) is 4.74. The Balaban J connectivity index is 4.03. The van der Waals surface area contributed by atoms with E-state index < -0.39 is 0 Å². The minimum atomic E-state index is -0.345. The topological polar surface area (TPSA) is 59.6 Å². The number of hydrogen-bond donors (Lipinski definition) is 2. The standard InChI is InChI=1S/C9H20N2O3/c1-6(8(12)10-3)11-7(2)9(13-4)14-5/h6-7,9,11H,1-5H3,(H,10,12). The molecule has 0 aromatic rings. The molecule has 0 aromatic heterocycles. The number of likely N-dealkylation sites (N-methyl/N-ethyl adjacent to an activating group) is 1. The molecule has 0 heterocycles. The normalized spacial score (nSPS) is 15.3. The Labute approximate surface area is 85.1 Å². The first-order valence-electron chi connectivity index (χ1n) is 4.60. The summed E-state index contributed by atoms with van der Waals surface area (Å²) in [6, 6.07) is -0.305. The first-order chi connectivity index (χ1) is 6.56. The molecule has 0 rings (SSSR count). The Morgan fingerprint density at radius 3 is 2.07 bits per heavy atom. The molecule has 1 amide bonds. The lowest BCUT2D eigenvalue weighted by Gasteiger charge is -2.24. The molecule has 0 aromatic carbocycles. The van der Waals surface area contributed by atoms with Crippen LogP contribution in [-0.2, 0) is 14.3 Å². The van der Waals surface area contributed by atoms with Crippen LogP contribution in [0.15, 0.2) is 0 Å². The fraction of sp³-hybridized carbons (Fsp3) is 0.889. The number of carbonyl (C=O) groups excluding carboxylic acids is 1. The van der Waals surface area contributed by atoms with Gasteiger partial charge in [-0.15, -0.1) is 0 Å². The Morgan fingerprint density at radius 1 is 1.21 bits per heavy atom. The van der Waals surface area contributed by atoms with E-state index in [1.165, 1.54) is 0 Å². The summed E-state index contributed by atoms with van der Waals surface area (Å²) in [4.78, 5) is 11.2. The molecule has 0 bridgehead atoms. The average molecular weight is 204 g/mol. The molecule has 2 N–H and O–H groups in total. The number of methoxy groups -OCH3 is 2. The summed E-state index contributed by atoms with van der Waals surface area (Å²) in [5, 5.41) is 5.63. The summed E-state index contributed by atoms with van der Waals surface area (Å²) in [5.74, 6) is -0.0530. The first-order valence-corrected chi connectivity index (χ1v) is 4.60. The van der Waals surface area contributed by atoms with Gasteiger partial charge in [-0.1, -0.05) is 0 Å². The molecule has 0 saturated heterocycles. The third kappa shape index (κ3) is 4.04. The van der Waals surface area contributed by atoms with Gasteiger partial charge in [0.1, 0.15) is 0 Å². The largest absolute Gasteiger partial charge is 0.358 e. The molecule has 0 aliphatic carbocycles. The van der Waals surface area contributed by atoms with Crippen LogP contribution in [0.2, 0.25) is 0 Å². The van der Waals surface area contributed by atoms with Crippen molar-refractivity contribution < 1.29 is 14.3 Å². The lowest BCUT2D eigenvalue weighted by Crippen LogP contribution is -2.49. The third-order valence-corrected chi connectivity index (χ3v) is 2.03. The second-order valence-electron chi connectivity index (χ2n) is 3.13. The highest BCUT2D eigenvalue weighted by atomic mass is 16.7. The highest BCUT2D eigenvalue weighted by Crippen LogP contribution is 1.99. The summed E-state index contributed by atoms with van der Waals surface area (Å²) in [6.07, 6.45) is -0.345. The summed E-state index contributed by atoms with van der Waals surface area (Å²) >= 11 is 0. The first kappa shape index (κ1) is 13.4. The van der Waals surface area contributed by atoms with Crippen molar-refractivity contribution in [3.8, 4) is 0 Å². The van der Waals surface area contributed by atoms with E-state index in [1.807, 2.05) is 6.92 Å². The molecule has 0 aliphatic rings. The molecule has 5 nitrogen and oxygen atoms in total. The monoisotopic (exact) mass is 204 g/mol. The van der Waals surface area contributed by atoms with Crippen LogP contribution in [0.25, 0.3) is 0 Å². The number of amides is 1. The van der Waals surface area contributed by atoms with Gasteiger partial charge in [-0.25, -0.2) is 0 Å². The van der Waals surface area contributed by atoms with Crippen LogP contribution in [0.3, 0.4) is 0 Å². The van der Waals surface area contributed by atoms with Crippen molar-refractivity contribution in [2.75, 3.05) is 21.3 Å². The van der Waals surface area contributed by atoms with Gasteiger partial charge in [-0.2, -0.15) is 0 Å². The van der Waals surface area contributed by atoms with Gasteiger partial charge in [-0.3, -0.25) is 10.1 Å². The van der Waals surface area contributed by atoms with E-state index in [0.717, 1.165) is 0 Å². The van der Waals surface area contributed by atoms with E-state index in [9.17, 15) is 4.79 Å². The van der Waals surface area contributed by atoms with Gasteiger partial charge in [0.25, 0.3) is 0 Å². The molecule has 0 aliphatic heterocycles. The Bertz CT molecular complexity index is 171. The Hall–Kier alpha value is -0.650. The molecular formula is C9H20N2O3. The fourth-order valence-corrected chi connectivity index (χ4v) is 1.27. The van der Waals surface area contributed by atoms with Crippen molar-refractivity contribution in [3.05, 3.63) is 0 Å². The van der Waals surface area contributed by atoms with Crippen molar-refractivity contribution >= 4 is 5.91 Å². The SMILES string of the molecule is CNC(=O)C(C)NC(C)C(OC)OC. The van der Waals surface area contributed by atoms with Crippen molar-refractivity contribution in [1.29, 1.82) is 0 Å². The molecule has 2 unspecified atom stereocenters. The van der Waals surface area contributed by atoms with Gasteiger partial charge in [0.05, 0.1) is 12.1 Å². The van der Waals surface area contributed by atoms with Crippen LogP contribution in [0, 0.1) is 0 Å². The van der Waals surface area contributed by atoms with Crippen LogP contribution in [-0.4, -0.2) is 45.5 Å². The third-order valence-electron chi connectivity index (χ3n) is 2.03. The predicted molar refractivity (Wildman–Crippen MR) is 53.9 cm³/mol. The predicted octanol–water partition coefficient (Wildman–Crippen LogP) is -0.282. The summed E-state index contributed by atoms with van der Waals surface area (Å²) in [6.45, 7) is 3.69. The maximum absolute atomic E-state index is 11.2. The van der Waals surface area contributed by atoms with E-state index in [-0.39, 0.29) is 24.3 Å². The number of nitrogens with one attached hydrogen (secondary N) is 2. The molecule has 0 radical (unpaired) electrons. The minimum absolute atomic E-state index is 0.0442. The highest BCUT2D eigenvalue weighted by molar-refractivity contribution is 5.80. The number of carbonyl (C=O) groups is 1. The van der Waals surface area contributed by atoms with Gasteiger partial charge in [0, 0.05) is 21.3 Å². The van der Waals surface area contributed by atoms with Crippen molar-refractivity contribution in [2.45, 2.75) is 32.2 Å². The number of rotatable bonds is 6. The van der Waals surface area contributed by atoms with Crippen LogP contribution < -0.4 is 10.6 Å². The zero-order valence-corrected chi connectivity index (χ0v) is 9.46. The quantitative estimate of drug-likeness (QED) is 0.584. The molecule has 84 valence electrons. The zero-order chi connectivity index (χ0) is 11.1. The molecule has 2 atom stereocenters. The maximum atomic E-state index is 11.2. The van der Waals surface area contributed by atoms with E-state index in [4.69, 9.17) is 9.47 Å². The molecule has 0 fully saturated rings. The van der Waals surface area contributed by atoms with Crippen LogP contribution in [0.1, 0.15) is 13.8 Å². The van der Waals surface area contributed by atoms with Crippen molar-refractivity contribution in [3.63, 3.8) is 0 Å². The molecule has 14 heavy (non-hydrogen) atoms. The van der Waals surface area contributed by atoms with Gasteiger partial charge in [0.15, 0.2) is 6.29 Å². The van der Waals surface area contributed by atoms with E-state index >= 15 is 0 Å². The molecular weight excluding hydrogens is 184 g/mol. The summed E-state index contributed by atoms with van der Waals surface area (Å²) < 4.78 is 10.1. The zero-order valence-electron chi connectivity index (χ0n) is 9.46. The second kappa shape index (κ2) is 6.75. The maximum Gasteiger partial charge on any atom is 0.236 e. The lowest BCUT2D eigenvalue weighted by molar-refractivity contribution is -0.129. The minimum Gasteiger partial charge on any atom is -0.358 e. The van der Waals surface area contributed by atoms with Crippen LogP contribution in [0.4, 0.5) is 0 Å². The van der Waals surface area contributed by atoms with Crippen molar-refractivity contribution in [2.24, 2.45) is 0 Å². The molecule has 0 spiro atoms. The van der Waals surface area contributed by atoms with Crippen molar-refractivity contribution in [1.82, 2.24) is 10.6 Å². The Morgan fingerprint density at radius 2 is 1.71 bits per heavy atom. The summed E-state index contributed by atoms with van der Waals surface area (Å²) in [5.41, 5.74) is 0. The average Bonchev–Trinajstić information content (AvgIpc) is 2.18. The lowest BCUT2D eigenvalue weighted by atomic mass is 10.2. The Kier molecular flexibility index (Phi) is 6.44. The number of hydrogen-bond acceptors (Lipinski definition) is 4. The fourth-order valence-electron chi connectivity index (χ4n) is 1.27. The highest BCUT2D eigenvalue weighted by Gasteiger charge is 2.20. The van der Waals surface area contributed by atoms with Crippen LogP contribution in [0.5, 0.6) is 0 Å². The molecule has 5 heteroatoms. The van der Waals surface area contributed by atoms with Gasteiger partial charge in [-0.05, 0) is 13.8 Å². The van der Waals surface area contributed by atoms with E-state index in [1.54, 1.807) is 28.2 Å².